The smallest absolute Gasteiger partial charge is 0.308 e. The topological polar surface area (TPSA) is 105 Å². The number of hydrogen-bond donors (Lipinski definition) is 0. The van der Waals surface area contributed by atoms with Gasteiger partial charge in [-0.15, -0.1) is 0 Å². The molecule has 0 aromatic heterocycles. The average molecular weight is 667 g/mol. The zero-order chi connectivity index (χ0) is 34.4. The van der Waals surface area contributed by atoms with Gasteiger partial charge in [-0.25, -0.2) is 0 Å². The van der Waals surface area contributed by atoms with Gasteiger partial charge in [0.25, 0.3) is 0 Å². The number of carbonyl (C=O) groups excluding carboxylic acids is 4. The number of esters is 4. The summed E-state index contributed by atoms with van der Waals surface area (Å²) in [5, 5.41) is 0. The first-order valence-electron chi connectivity index (χ1n) is 19.5. The van der Waals surface area contributed by atoms with E-state index < -0.39 is 5.41 Å². The lowest BCUT2D eigenvalue weighted by Gasteiger charge is -2.32. The van der Waals surface area contributed by atoms with Crippen LogP contribution in [-0.4, -0.2) is 50.3 Å². The summed E-state index contributed by atoms with van der Waals surface area (Å²) in [6.07, 6.45) is 24.5. The van der Waals surface area contributed by atoms with Crippen LogP contribution in [0.5, 0.6) is 0 Å². The lowest BCUT2D eigenvalue weighted by Crippen LogP contribution is -2.44. The molecule has 0 spiro atoms. The van der Waals surface area contributed by atoms with Gasteiger partial charge in [0.1, 0.15) is 31.8 Å². The van der Waals surface area contributed by atoms with Crippen LogP contribution in [0.1, 0.15) is 188 Å². The van der Waals surface area contributed by atoms with Crippen molar-refractivity contribution < 1.29 is 38.1 Å². The molecule has 0 atom stereocenters. The molecule has 1 aliphatic carbocycles. The third-order valence-corrected chi connectivity index (χ3v) is 9.28. The highest BCUT2D eigenvalue weighted by Gasteiger charge is 2.38. The molecule has 0 unspecified atom stereocenters. The second-order valence-electron chi connectivity index (χ2n) is 14.0. The fraction of sp³-hybridized carbons (Fsp3) is 0.897. The maximum absolute atomic E-state index is 13.1. The van der Waals surface area contributed by atoms with Crippen LogP contribution in [0.2, 0.25) is 0 Å². The van der Waals surface area contributed by atoms with Gasteiger partial charge < -0.3 is 18.9 Å². The Morgan fingerprint density at radius 3 is 1.13 bits per heavy atom. The number of rotatable bonds is 30. The van der Waals surface area contributed by atoms with Gasteiger partial charge in [-0.05, 0) is 32.1 Å². The molecule has 1 fully saturated rings. The van der Waals surface area contributed by atoms with E-state index in [0.29, 0.717) is 19.3 Å². The van der Waals surface area contributed by atoms with Gasteiger partial charge in [0.05, 0.1) is 5.92 Å². The lowest BCUT2D eigenvalue weighted by atomic mass is 9.89. The van der Waals surface area contributed by atoms with Crippen molar-refractivity contribution in [2.45, 2.75) is 188 Å². The van der Waals surface area contributed by atoms with E-state index in [2.05, 4.69) is 20.8 Å². The molecule has 0 aromatic rings. The van der Waals surface area contributed by atoms with Gasteiger partial charge >= 0.3 is 23.9 Å². The summed E-state index contributed by atoms with van der Waals surface area (Å²) >= 11 is 0. The second-order valence-corrected chi connectivity index (χ2v) is 14.0. The van der Waals surface area contributed by atoms with E-state index in [1.807, 2.05) is 0 Å². The summed E-state index contributed by atoms with van der Waals surface area (Å²) in [5.74, 6) is -1.49. The first kappa shape index (κ1) is 42.9. The summed E-state index contributed by atoms with van der Waals surface area (Å²) < 4.78 is 23.0. The van der Waals surface area contributed by atoms with E-state index in [1.54, 1.807) is 0 Å². The predicted octanol–water partition coefficient (Wildman–Crippen LogP) is 9.98. The van der Waals surface area contributed by atoms with Crippen LogP contribution in [0.4, 0.5) is 0 Å². The largest absolute Gasteiger partial charge is 0.465 e. The van der Waals surface area contributed by atoms with E-state index >= 15 is 0 Å². The van der Waals surface area contributed by atoms with E-state index in [4.69, 9.17) is 18.9 Å². The average Bonchev–Trinajstić information content (AvgIpc) is 3.09. The Balaban J connectivity index is 2.90. The Labute approximate surface area is 287 Å². The van der Waals surface area contributed by atoms with E-state index in [9.17, 15) is 19.2 Å². The Morgan fingerprint density at radius 1 is 0.447 bits per heavy atom. The molecule has 0 aliphatic heterocycles. The van der Waals surface area contributed by atoms with Crippen LogP contribution in [0.25, 0.3) is 0 Å². The van der Waals surface area contributed by atoms with Gasteiger partial charge in [0.2, 0.25) is 0 Å². The Bertz CT molecular complexity index is 741. The number of unbranched alkanes of at least 4 members (excludes halogenated alkanes) is 15. The summed E-state index contributed by atoms with van der Waals surface area (Å²) in [7, 11) is 0. The van der Waals surface area contributed by atoms with Crippen LogP contribution >= 0.6 is 0 Å². The van der Waals surface area contributed by atoms with E-state index in [1.165, 1.54) is 38.5 Å². The number of ether oxygens (including phenoxy) is 4. The highest BCUT2D eigenvalue weighted by molar-refractivity contribution is 5.73. The Kier molecular flexibility index (Phi) is 26.3. The van der Waals surface area contributed by atoms with Crippen LogP contribution < -0.4 is 0 Å². The molecule has 0 saturated heterocycles. The van der Waals surface area contributed by atoms with E-state index in [0.717, 1.165) is 109 Å². The summed E-state index contributed by atoms with van der Waals surface area (Å²) in [4.78, 5) is 51.4. The fourth-order valence-electron chi connectivity index (χ4n) is 6.00. The highest BCUT2D eigenvalue weighted by atomic mass is 16.6. The monoisotopic (exact) mass is 667 g/mol. The predicted molar refractivity (Wildman–Crippen MR) is 187 cm³/mol. The van der Waals surface area contributed by atoms with Crippen molar-refractivity contribution in [1.82, 2.24) is 0 Å². The molecule has 1 saturated carbocycles. The molecule has 0 N–H and O–H groups in total. The van der Waals surface area contributed by atoms with Gasteiger partial charge in [0, 0.05) is 19.3 Å². The van der Waals surface area contributed by atoms with Crippen LogP contribution in [0, 0.1) is 11.3 Å². The molecule has 0 bridgehead atoms. The molecular weight excluding hydrogens is 596 g/mol. The molecule has 274 valence electrons. The highest BCUT2D eigenvalue weighted by Crippen LogP contribution is 2.27. The van der Waals surface area contributed by atoms with Crippen LogP contribution in [0.15, 0.2) is 0 Å². The van der Waals surface area contributed by atoms with Crippen LogP contribution in [-0.2, 0) is 38.1 Å². The van der Waals surface area contributed by atoms with Crippen molar-refractivity contribution in [3.8, 4) is 0 Å². The van der Waals surface area contributed by atoms with Gasteiger partial charge in [0.15, 0.2) is 0 Å². The maximum atomic E-state index is 13.1. The van der Waals surface area contributed by atoms with Crippen molar-refractivity contribution in [1.29, 1.82) is 0 Å². The molecule has 0 radical (unpaired) electrons. The van der Waals surface area contributed by atoms with E-state index in [-0.39, 0.29) is 56.2 Å². The van der Waals surface area contributed by atoms with Crippen molar-refractivity contribution in [2.24, 2.45) is 11.3 Å². The standard InChI is InChI=1S/C39H70O8/c1-4-7-10-13-16-22-27-35(40)44-30-39(33-47-38(43)34-25-20-19-21-26-34,31-45-36(41)28-23-17-14-11-8-5-2)32-46-37(42)29-24-18-15-12-9-6-3/h34H,4-33H2,1-3H3. The minimum Gasteiger partial charge on any atom is -0.465 e. The number of carbonyl (C=O) groups is 4. The third kappa shape index (κ3) is 23.0. The molecule has 8 nitrogen and oxygen atoms in total. The molecular formula is C39H70O8. The van der Waals surface area contributed by atoms with Crippen molar-refractivity contribution in [3.63, 3.8) is 0 Å². The zero-order valence-corrected chi connectivity index (χ0v) is 30.6. The van der Waals surface area contributed by atoms with Gasteiger partial charge in [-0.2, -0.15) is 0 Å². The number of hydrogen-bond acceptors (Lipinski definition) is 8. The minimum atomic E-state index is -1.17. The summed E-state index contributed by atoms with van der Waals surface area (Å²) in [6.45, 7) is 5.90. The summed E-state index contributed by atoms with van der Waals surface area (Å²) in [5.41, 5.74) is -1.17. The molecule has 8 heteroatoms. The maximum Gasteiger partial charge on any atom is 0.308 e. The van der Waals surface area contributed by atoms with Crippen molar-refractivity contribution >= 4 is 23.9 Å². The molecule has 0 amide bonds. The van der Waals surface area contributed by atoms with Crippen molar-refractivity contribution in [2.75, 3.05) is 26.4 Å². The minimum absolute atomic E-state index is 0.152. The van der Waals surface area contributed by atoms with Gasteiger partial charge in [-0.1, -0.05) is 136 Å². The molecule has 1 aliphatic rings. The molecule has 47 heavy (non-hydrogen) atoms. The first-order chi connectivity index (χ1) is 22.9. The lowest BCUT2D eigenvalue weighted by molar-refractivity contribution is -0.172. The SMILES string of the molecule is CCCCCCCCC(=O)OCC(COC(=O)CCCCCCCC)(COC(=O)CCCCCCCC)COC(=O)C1CCCCC1. The van der Waals surface area contributed by atoms with Crippen molar-refractivity contribution in [3.05, 3.63) is 0 Å². The van der Waals surface area contributed by atoms with Gasteiger partial charge in [-0.3, -0.25) is 19.2 Å². The Morgan fingerprint density at radius 2 is 0.766 bits per heavy atom. The first-order valence-corrected chi connectivity index (χ1v) is 19.5. The molecule has 0 heterocycles. The fourth-order valence-corrected chi connectivity index (χ4v) is 6.00. The molecule has 0 aromatic carbocycles. The normalized spacial score (nSPS) is 13.7. The second kappa shape index (κ2) is 28.9. The zero-order valence-electron chi connectivity index (χ0n) is 30.6. The third-order valence-electron chi connectivity index (χ3n) is 9.28. The quantitative estimate of drug-likeness (QED) is 0.0424. The summed E-state index contributed by atoms with van der Waals surface area (Å²) in [6, 6.07) is 0. The molecule has 1 rings (SSSR count). The van der Waals surface area contributed by atoms with Crippen LogP contribution in [0.3, 0.4) is 0 Å². The Hall–Kier alpha value is -2.12.